The highest BCUT2D eigenvalue weighted by Gasteiger charge is 2.61. The second-order valence-corrected chi connectivity index (χ2v) is 7.96. The molecule has 0 aromatic carbocycles. The molecular weight excluding hydrogens is 220 g/mol. The first-order valence-corrected chi connectivity index (χ1v) is 7.87. The molecule has 1 heterocycles. The van der Waals surface area contributed by atoms with E-state index in [1.807, 2.05) is 0 Å². The molecule has 0 N–H and O–H groups in total. The molecule has 1 aliphatic heterocycles. The van der Waals surface area contributed by atoms with Crippen LogP contribution in [0.15, 0.2) is 12.2 Å². The first kappa shape index (κ1) is 11.5. The summed E-state index contributed by atoms with van der Waals surface area (Å²) in [5, 5.41) is 0. The second-order valence-electron chi connectivity index (χ2n) is 7.96. The molecule has 6 atom stereocenters. The summed E-state index contributed by atoms with van der Waals surface area (Å²) in [5.41, 5.74) is 2.42. The van der Waals surface area contributed by atoms with Crippen LogP contribution in [-0.4, -0.2) is 11.7 Å². The Morgan fingerprint density at radius 1 is 1.22 bits per heavy atom. The highest BCUT2D eigenvalue weighted by atomic mass is 16.6. The summed E-state index contributed by atoms with van der Waals surface area (Å²) < 4.78 is 6.02. The fourth-order valence-corrected chi connectivity index (χ4v) is 5.69. The smallest absolute Gasteiger partial charge is 0.0923 e. The Morgan fingerprint density at radius 2 is 2.06 bits per heavy atom. The highest BCUT2D eigenvalue weighted by Crippen LogP contribution is 2.66. The van der Waals surface area contributed by atoms with Gasteiger partial charge in [-0.15, -0.1) is 0 Å². The molecule has 3 saturated carbocycles. The molecule has 0 radical (unpaired) electrons. The molecule has 4 rings (SSSR count). The largest absolute Gasteiger partial charge is 0.366 e. The van der Waals surface area contributed by atoms with E-state index in [-0.39, 0.29) is 5.60 Å². The number of epoxide rings is 1. The summed E-state index contributed by atoms with van der Waals surface area (Å²) in [5.74, 6) is 2.69. The Bertz CT molecular complexity index is 400. The number of ether oxygens (including phenoxy) is 1. The lowest BCUT2D eigenvalue weighted by Crippen LogP contribution is -2.53. The maximum atomic E-state index is 6.02. The van der Waals surface area contributed by atoms with Crippen LogP contribution in [0.3, 0.4) is 0 Å². The fraction of sp³-hybridized carbons (Fsp3) is 0.882. The molecule has 0 aromatic rings. The summed E-state index contributed by atoms with van der Waals surface area (Å²) in [6, 6.07) is 0. The predicted octanol–water partition coefficient (Wildman–Crippen LogP) is 4.33. The van der Waals surface area contributed by atoms with Crippen LogP contribution in [0, 0.1) is 23.2 Å². The minimum absolute atomic E-state index is 0.230. The van der Waals surface area contributed by atoms with Gasteiger partial charge in [-0.25, -0.2) is 0 Å². The molecule has 18 heavy (non-hydrogen) atoms. The van der Waals surface area contributed by atoms with Crippen LogP contribution in [0.4, 0.5) is 0 Å². The zero-order chi connectivity index (χ0) is 12.5. The topological polar surface area (TPSA) is 12.5 Å². The van der Waals surface area contributed by atoms with Gasteiger partial charge >= 0.3 is 0 Å². The highest BCUT2D eigenvalue weighted by molar-refractivity contribution is 5.19. The number of allylic oxidation sites excluding steroid dienone is 1. The zero-order valence-corrected chi connectivity index (χ0v) is 11.9. The van der Waals surface area contributed by atoms with Gasteiger partial charge in [-0.2, -0.15) is 0 Å². The van der Waals surface area contributed by atoms with Crippen LogP contribution < -0.4 is 0 Å². The van der Waals surface area contributed by atoms with E-state index in [1.165, 1.54) is 44.9 Å². The number of rotatable bonds is 0. The Hall–Kier alpha value is -0.300. The van der Waals surface area contributed by atoms with Crippen molar-refractivity contribution < 1.29 is 4.74 Å². The van der Waals surface area contributed by atoms with Gasteiger partial charge in [-0.1, -0.05) is 31.9 Å². The molecule has 1 heteroatoms. The van der Waals surface area contributed by atoms with E-state index in [0.717, 1.165) is 17.8 Å². The van der Waals surface area contributed by atoms with E-state index in [9.17, 15) is 0 Å². The Kier molecular flexibility index (Phi) is 2.19. The van der Waals surface area contributed by atoms with Crippen molar-refractivity contribution in [3.8, 4) is 0 Å². The quantitative estimate of drug-likeness (QED) is 0.458. The van der Waals surface area contributed by atoms with Crippen LogP contribution in [0.2, 0.25) is 0 Å². The van der Waals surface area contributed by atoms with Crippen molar-refractivity contribution in [2.24, 2.45) is 23.2 Å². The number of fused-ring (bicyclic) bond motifs is 1. The molecule has 0 bridgehead atoms. The van der Waals surface area contributed by atoms with E-state index < -0.39 is 0 Å². The van der Waals surface area contributed by atoms with E-state index in [1.54, 1.807) is 5.57 Å². The van der Waals surface area contributed by atoms with E-state index in [0.29, 0.717) is 11.5 Å². The lowest BCUT2D eigenvalue weighted by atomic mass is 9.44. The van der Waals surface area contributed by atoms with Crippen molar-refractivity contribution >= 4 is 0 Å². The van der Waals surface area contributed by atoms with Crippen molar-refractivity contribution in [2.45, 2.75) is 70.5 Å². The summed E-state index contributed by atoms with van der Waals surface area (Å²) in [6.07, 6.45) is 10.1. The summed E-state index contributed by atoms with van der Waals surface area (Å²) in [7, 11) is 0. The van der Waals surface area contributed by atoms with Crippen molar-refractivity contribution in [1.82, 2.24) is 0 Å². The van der Waals surface area contributed by atoms with E-state index in [4.69, 9.17) is 4.74 Å². The van der Waals surface area contributed by atoms with Crippen LogP contribution in [0.25, 0.3) is 0 Å². The number of hydrogen-bond donors (Lipinski definition) is 0. The normalized spacial score (nSPS) is 58.4. The van der Waals surface area contributed by atoms with E-state index in [2.05, 4.69) is 20.4 Å². The minimum Gasteiger partial charge on any atom is -0.366 e. The molecule has 1 saturated heterocycles. The van der Waals surface area contributed by atoms with Crippen LogP contribution in [0.1, 0.15) is 58.8 Å². The second kappa shape index (κ2) is 3.42. The summed E-state index contributed by atoms with van der Waals surface area (Å²) >= 11 is 0. The van der Waals surface area contributed by atoms with Gasteiger partial charge in [-0.05, 0) is 62.2 Å². The Labute approximate surface area is 111 Å². The van der Waals surface area contributed by atoms with Crippen molar-refractivity contribution in [3.05, 3.63) is 12.2 Å². The lowest BCUT2D eigenvalue weighted by Gasteiger charge is -2.60. The molecule has 1 nitrogen and oxygen atoms in total. The zero-order valence-electron chi connectivity index (χ0n) is 11.9. The van der Waals surface area contributed by atoms with Crippen molar-refractivity contribution in [2.75, 3.05) is 0 Å². The van der Waals surface area contributed by atoms with Gasteiger partial charge in [0.25, 0.3) is 0 Å². The molecule has 0 amide bonds. The number of hydrogen-bond acceptors (Lipinski definition) is 1. The predicted molar refractivity (Wildman–Crippen MR) is 73.3 cm³/mol. The van der Waals surface area contributed by atoms with Crippen LogP contribution in [-0.2, 0) is 4.74 Å². The minimum atomic E-state index is 0.230. The molecule has 0 aromatic heterocycles. The van der Waals surface area contributed by atoms with Crippen molar-refractivity contribution in [1.29, 1.82) is 0 Å². The third-order valence-electron chi connectivity index (χ3n) is 6.71. The Balaban J connectivity index is 1.66. The first-order chi connectivity index (χ1) is 8.52. The summed E-state index contributed by atoms with van der Waals surface area (Å²) in [4.78, 5) is 0. The molecular formula is C17H26O. The average molecular weight is 246 g/mol. The Morgan fingerprint density at radius 3 is 2.89 bits per heavy atom. The SMILES string of the molecule is C=C1CCC2OC2(C)CC2CCCC3(C)CC1C23. The van der Waals surface area contributed by atoms with Gasteiger partial charge in [0.2, 0.25) is 0 Å². The van der Waals surface area contributed by atoms with Gasteiger partial charge in [0.1, 0.15) is 0 Å². The fourth-order valence-electron chi connectivity index (χ4n) is 5.69. The molecule has 0 spiro atoms. The van der Waals surface area contributed by atoms with Crippen LogP contribution in [0.5, 0.6) is 0 Å². The van der Waals surface area contributed by atoms with Crippen LogP contribution >= 0.6 is 0 Å². The maximum absolute atomic E-state index is 6.02. The van der Waals surface area contributed by atoms with Gasteiger partial charge in [0.15, 0.2) is 0 Å². The van der Waals surface area contributed by atoms with Gasteiger partial charge in [0.05, 0.1) is 11.7 Å². The third-order valence-corrected chi connectivity index (χ3v) is 6.71. The molecule has 4 fully saturated rings. The molecule has 100 valence electrons. The lowest BCUT2D eigenvalue weighted by molar-refractivity contribution is -0.0919. The van der Waals surface area contributed by atoms with Gasteiger partial charge in [-0.3, -0.25) is 0 Å². The molecule has 3 aliphatic carbocycles. The molecule has 4 aliphatic rings. The maximum Gasteiger partial charge on any atom is 0.0923 e. The van der Waals surface area contributed by atoms with Gasteiger partial charge in [0, 0.05) is 0 Å². The van der Waals surface area contributed by atoms with E-state index >= 15 is 0 Å². The van der Waals surface area contributed by atoms with Crippen molar-refractivity contribution in [3.63, 3.8) is 0 Å². The average Bonchev–Trinajstić information content (AvgIpc) is 2.91. The van der Waals surface area contributed by atoms with Gasteiger partial charge < -0.3 is 4.74 Å². The summed E-state index contributed by atoms with van der Waals surface area (Å²) in [6.45, 7) is 9.31. The monoisotopic (exact) mass is 246 g/mol. The third kappa shape index (κ3) is 1.43. The standard InChI is InChI=1S/C17H26O/c1-11-6-7-14-17(3,18-14)9-12-5-4-8-16(2)10-13(11)15(12)16/h12-15H,1,4-10H2,2-3H3. The molecule has 6 unspecified atom stereocenters. The first-order valence-electron chi connectivity index (χ1n) is 7.87.